The number of carbonyl (C=O) groups is 2. The van der Waals surface area contributed by atoms with Crippen LogP contribution in [-0.4, -0.2) is 32.1 Å². The first kappa shape index (κ1) is 14.9. The second-order valence-corrected chi connectivity index (χ2v) is 5.14. The Kier molecular flexibility index (Phi) is 4.13. The van der Waals surface area contributed by atoms with E-state index in [9.17, 15) is 9.59 Å². The number of pyridine rings is 1. The van der Waals surface area contributed by atoms with Crippen molar-refractivity contribution in [3.8, 4) is 5.82 Å². The molecule has 2 aromatic heterocycles. The highest BCUT2D eigenvalue weighted by Crippen LogP contribution is 2.09. The average molecular weight is 312 g/mol. The predicted octanol–water partition coefficient (Wildman–Crippen LogP) is 0.458. The van der Waals surface area contributed by atoms with Crippen molar-refractivity contribution in [3.63, 3.8) is 0 Å². The summed E-state index contributed by atoms with van der Waals surface area (Å²) < 4.78 is 1.87. The highest BCUT2D eigenvalue weighted by molar-refractivity contribution is 6.39. The van der Waals surface area contributed by atoms with E-state index in [1.807, 2.05) is 29.8 Å². The number of amides is 2. The van der Waals surface area contributed by atoms with Gasteiger partial charge in [-0.3, -0.25) is 14.2 Å². The van der Waals surface area contributed by atoms with Gasteiger partial charge in [0, 0.05) is 38.0 Å². The standard InChI is InChI=1S/C15H16N6O2/c1-10-16-6-7-21(10)13-8-11(4-5-17-13)9-18-15(23)12-2-3-14(22)20-19-12/h4-8H,2-3,9H2,1H3,(H,18,23)(H,20,22). The molecule has 2 aromatic rings. The van der Waals surface area contributed by atoms with E-state index in [0.717, 1.165) is 17.2 Å². The van der Waals surface area contributed by atoms with Crippen molar-refractivity contribution < 1.29 is 9.59 Å². The number of imidazole rings is 1. The SMILES string of the molecule is Cc1nccn1-c1cc(CNC(=O)C2=NNC(=O)CC2)ccn1. The normalized spacial score (nSPS) is 14.1. The highest BCUT2D eigenvalue weighted by atomic mass is 16.2. The van der Waals surface area contributed by atoms with Gasteiger partial charge in [0.05, 0.1) is 0 Å². The molecule has 0 saturated carbocycles. The summed E-state index contributed by atoms with van der Waals surface area (Å²) in [5, 5.41) is 6.57. The van der Waals surface area contributed by atoms with E-state index in [1.165, 1.54) is 0 Å². The van der Waals surface area contributed by atoms with E-state index in [-0.39, 0.29) is 18.2 Å². The van der Waals surface area contributed by atoms with Crippen LogP contribution in [0.1, 0.15) is 24.2 Å². The third-order valence-corrected chi connectivity index (χ3v) is 3.50. The minimum Gasteiger partial charge on any atom is -0.347 e. The van der Waals surface area contributed by atoms with Gasteiger partial charge in [-0.15, -0.1) is 0 Å². The molecule has 0 unspecified atom stereocenters. The molecule has 2 N–H and O–H groups in total. The minimum absolute atomic E-state index is 0.170. The average Bonchev–Trinajstić information content (AvgIpc) is 3.00. The van der Waals surface area contributed by atoms with Crippen molar-refractivity contribution in [2.45, 2.75) is 26.3 Å². The molecule has 0 saturated heterocycles. The van der Waals surface area contributed by atoms with E-state index >= 15 is 0 Å². The molecule has 1 aliphatic rings. The van der Waals surface area contributed by atoms with E-state index in [4.69, 9.17) is 0 Å². The number of hydrazone groups is 1. The molecule has 23 heavy (non-hydrogen) atoms. The van der Waals surface area contributed by atoms with Gasteiger partial charge in [-0.2, -0.15) is 5.10 Å². The van der Waals surface area contributed by atoms with Crippen LogP contribution in [0.15, 0.2) is 35.8 Å². The number of rotatable bonds is 4. The number of carbonyl (C=O) groups excluding carboxylic acids is 2. The smallest absolute Gasteiger partial charge is 0.267 e. The van der Waals surface area contributed by atoms with Gasteiger partial charge in [0.1, 0.15) is 17.4 Å². The molecule has 0 radical (unpaired) electrons. The van der Waals surface area contributed by atoms with Crippen LogP contribution in [0, 0.1) is 6.92 Å². The Morgan fingerprint density at radius 2 is 2.22 bits per heavy atom. The zero-order valence-electron chi connectivity index (χ0n) is 12.6. The first-order valence-electron chi connectivity index (χ1n) is 7.22. The molecule has 8 heteroatoms. The van der Waals surface area contributed by atoms with Crippen LogP contribution in [0.2, 0.25) is 0 Å². The minimum atomic E-state index is -0.276. The number of nitrogens with zero attached hydrogens (tertiary/aromatic N) is 4. The largest absolute Gasteiger partial charge is 0.347 e. The maximum Gasteiger partial charge on any atom is 0.267 e. The third kappa shape index (κ3) is 3.42. The van der Waals surface area contributed by atoms with Crippen molar-refractivity contribution >= 4 is 17.5 Å². The summed E-state index contributed by atoms with van der Waals surface area (Å²) in [4.78, 5) is 31.5. The Hall–Kier alpha value is -3.03. The predicted molar refractivity (Wildman–Crippen MR) is 82.8 cm³/mol. The Morgan fingerprint density at radius 1 is 1.35 bits per heavy atom. The summed E-state index contributed by atoms with van der Waals surface area (Å²) in [7, 11) is 0. The molecule has 2 amide bonds. The summed E-state index contributed by atoms with van der Waals surface area (Å²) in [6.07, 6.45) is 5.87. The van der Waals surface area contributed by atoms with Crippen LogP contribution in [0.3, 0.4) is 0 Å². The Morgan fingerprint density at radius 3 is 2.91 bits per heavy atom. The van der Waals surface area contributed by atoms with Gasteiger partial charge in [0.25, 0.3) is 5.91 Å². The van der Waals surface area contributed by atoms with Crippen LogP contribution in [-0.2, 0) is 16.1 Å². The molecule has 0 fully saturated rings. The molecule has 8 nitrogen and oxygen atoms in total. The van der Waals surface area contributed by atoms with Gasteiger partial charge in [-0.05, 0) is 24.6 Å². The summed E-state index contributed by atoms with van der Waals surface area (Å²) in [6, 6.07) is 3.72. The second-order valence-electron chi connectivity index (χ2n) is 5.14. The van der Waals surface area contributed by atoms with Crippen molar-refractivity contribution in [3.05, 3.63) is 42.1 Å². The van der Waals surface area contributed by atoms with Gasteiger partial charge in [-0.1, -0.05) is 0 Å². The molecule has 0 bridgehead atoms. The zero-order valence-corrected chi connectivity index (χ0v) is 12.6. The molecule has 118 valence electrons. The second kappa shape index (κ2) is 6.39. The Labute approximate surface area is 132 Å². The van der Waals surface area contributed by atoms with Crippen molar-refractivity contribution in [2.75, 3.05) is 0 Å². The zero-order chi connectivity index (χ0) is 16.2. The Bertz CT molecular complexity index is 780. The van der Waals surface area contributed by atoms with Gasteiger partial charge >= 0.3 is 0 Å². The quantitative estimate of drug-likeness (QED) is 0.856. The molecule has 3 rings (SSSR count). The maximum absolute atomic E-state index is 12.0. The van der Waals surface area contributed by atoms with Gasteiger partial charge < -0.3 is 5.32 Å². The number of aryl methyl sites for hydroxylation is 1. The third-order valence-electron chi connectivity index (χ3n) is 3.50. The van der Waals surface area contributed by atoms with Crippen LogP contribution in [0.5, 0.6) is 0 Å². The van der Waals surface area contributed by atoms with Crippen LogP contribution >= 0.6 is 0 Å². The molecule has 3 heterocycles. The maximum atomic E-state index is 12.0. The summed E-state index contributed by atoms with van der Waals surface area (Å²) in [6.45, 7) is 2.25. The summed E-state index contributed by atoms with van der Waals surface area (Å²) >= 11 is 0. The first-order valence-corrected chi connectivity index (χ1v) is 7.22. The lowest BCUT2D eigenvalue weighted by Crippen LogP contribution is -2.36. The van der Waals surface area contributed by atoms with Crippen molar-refractivity contribution in [2.24, 2.45) is 5.10 Å². The lowest BCUT2D eigenvalue weighted by atomic mass is 10.1. The molecular weight excluding hydrogens is 296 g/mol. The lowest BCUT2D eigenvalue weighted by Gasteiger charge is -2.12. The number of aromatic nitrogens is 3. The van der Waals surface area contributed by atoms with Crippen LogP contribution < -0.4 is 10.7 Å². The lowest BCUT2D eigenvalue weighted by molar-refractivity contribution is -0.121. The van der Waals surface area contributed by atoms with Gasteiger partial charge in [0.2, 0.25) is 5.91 Å². The van der Waals surface area contributed by atoms with Crippen LogP contribution in [0.25, 0.3) is 5.82 Å². The van der Waals surface area contributed by atoms with Crippen molar-refractivity contribution in [1.82, 2.24) is 25.3 Å². The molecule has 0 aromatic carbocycles. The number of nitrogens with one attached hydrogen (secondary N) is 2. The monoisotopic (exact) mass is 312 g/mol. The van der Waals surface area contributed by atoms with Crippen molar-refractivity contribution in [1.29, 1.82) is 0 Å². The van der Waals surface area contributed by atoms with Crippen LogP contribution in [0.4, 0.5) is 0 Å². The molecule has 0 spiro atoms. The fourth-order valence-corrected chi connectivity index (χ4v) is 2.24. The topological polar surface area (TPSA) is 101 Å². The highest BCUT2D eigenvalue weighted by Gasteiger charge is 2.17. The summed E-state index contributed by atoms with van der Waals surface area (Å²) in [5.74, 6) is 1.14. The molecular formula is C15H16N6O2. The fraction of sp³-hybridized carbons (Fsp3) is 0.267. The van der Waals surface area contributed by atoms with E-state index < -0.39 is 0 Å². The van der Waals surface area contributed by atoms with E-state index in [2.05, 4.69) is 25.8 Å². The van der Waals surface area contributed by atoms with Gasteiger partial charge in [0.15, 0.2) is 0 Å². The molecule has 1 aliphatic heterocycles. The van der Waals surface area contributed by atoms with E-state index in [0.29, 0.717) is 18.7 Å². The Balaban J connectivity index is 1.66. The molecule has 0 aliphatic carbocycles. The van der Waals surface area contributed by atoms with Gasteiger partial charge in [-0.25, -0.2) is 15.4 Å². The first-order chi connectivity index (χ1) is 11.1. The molecule has 0 atom stereocenters. The fourth-order valence-electron chi connectivity index (χ4n) is 2.24. The number of hydrogen-bond donors (Lipinski definition) is 2. The number of hydrogen-bond acceptors (Lipinski definition) is 5. The van der Waals surface area contributed by atoms with E-state index in [1.54, 1.807) is 12.4 Å². The summed E-state index contributed by atoms with van der Waals surface area (Å²) in [5.41, 5.74) is 3.56.